The van der Waals surface area contributed by atoms with E-state index >= 15 is 0 Å². The number of hydrogen-bond donors (Lipinski definition) is 2. The number of nitrogens with zero attached hydrogens (tertiary/aromatic N) is 4. The molecule has 3 aromatic carbocycles. The molecule has 0 radical (unpaired) electrons. The van der Waals surface area contributed by atoms with E-state index in [1.807, 2.05) is 60.9 Å². The van der Waals surface area contributed by atoms with Crippen molar-refractivity contribution in [3.63, 3.8) is 0 Å². The van der Waals surface area contributed by atoms with Crippen molar-refractivity contribution in [1.29, 1.82) is 0 Å². The fourth-order valence-electron chi connectivity index (χ4n) is 3.83. The van der Waals surface area contributed by atoms with E-state index in [1.54, 1.807) is 6.07 Å². The van der Waals surface area contributed by atoms with Gasteiger partial charge in [0.15, 0.2) is 16.1 Å². The minimum absolute atomic E-state index is 0.0637. The van der Waals surface area contributed by atoms with Crippen LogP contribution in [0.4, 0.5) is 9.52 Å². The molecule has 0 aliphatic rings. The second-order valence-corrected chi connectivity index (χ2v) is 10.4. The molecule has 0 spiro atoms. The van der Waals surface area contributed by atoms with E-state index in [1.165, 1.54) is 41.3 Å². The highest BCUT2D eigenvalue weighted by atomic mass is 32.2. The largest absolute Gasteiger partial charge is 0.345 e. The second kappa shape index (κ2) is 11.1. The number of hydrogen-bond acceptors (Lipinski definition) is 7. The summed E-state index contributed by atoms with van der Waals surface area (Å²) in [6, 6.07) is 19.1. The molecule has 0 saturated heterocycles. The summed E-state index contributed by atoms with van der Waals surface area (Å²) in [5, 5.41) is 15.3. The van der Waals surface area contributed by atoms with Gasteiger partial charge in [-0.1, -0.05) is 53.4 Å². The average molecular weight is 547 g/mol. The lowest BCUT2D eigenvalue weighted by Crippen LogP contribution is -2.25. The van der Waals surface area contributed by atoms with E-state index in [0.717, 1.165) is 27.0 Å². The number of thiazole rings is 1. The number of halogens is 1. The number of nitrogens with one attached hydrogen (secondary N) is 2. The van der Waals surface area contributed by atoms with Gasteiger partial charge in [0.25, 0.3) is 5.91 Å². The number of carbonyl (C=O) groups is 2. The molecule has 11 heteroatoms. The first-order valence-corrected chi connectivity index (χ1v) is 13.5. The molecule has 0 aliphatic heterocycles. The van der Waals surface area contributed by atoms with Gasteiger partial charge in [-0.05, 0) is 61.4 Å². The highest BCUT2D eigenvalue weighted by Gasteiger charge is 2.19. The molecule has 0 atom stereocenters. The first kappa shape index (κ1) is 25.6. The van der Waals surface area contributed by atoms with Gasteiger partial charge < -0.3 is 10.6 Å². The predicted octanol–water partition coefficient (Wildman–Crippen LogP) is 5.29. The minimum atomic E-state index is -0.487. The molecule has 2 aromatic heterocycles. The number of rotatable bonds is 8. The van der Waals surface area contributed by atoms with Crippen LogP contribution >= 0.6 is 23.1 Å². The summed E-state index contributed by atoms with van der Waals surface area (Å²) in [5.41, 5.74) is 3.99. The number of aromatic nitrogens is 4. The fourth-order valence-corrected chi connectivity index (χ4v) is 5.48. The van der Waals surface area contributed by atoms with Gasteiger partial charge in [0, 0.05) is 5.56 Å². The Labute approximate surface area is 226 Å². The number of aryl methyl sites for hydroxylation is 1. The topological polar surface area (TPSA) is 102 Å². The zero-order valence-corrected chi connectivity index (χ0v) is 22.2. The van der Waals surface area contributed by atoms with Crippen LogP contribution in [-0.2, 0) is 11.3 Å². The first-order chi connectivity index (χ1) is 18.4. The van der Waals surface area contributed by atoms with Crippen molar-refractivity contribution >= 4 is 50.3 Å². The van der Waals surface area contributed by atoms with Crippen LogP contribution in [0, 0.1) is 19.7 Å². The Morgan fingerprint density at radius 3 is 2.66 bits per heavy atom. The van der Waals surface area contributed by atoms with E-state index in [2.05, 4.69) is 25.8 Å². The molecule has 5 rings (SSSR count). The Balaban J connectivity index is 1.35. The monoisotopic (exact) mass is 546 g/mol. The van der Waals surface area contributed by atoms with E-state index in [9.17, 15) is 14.0 Å². The van der Waals surface area contributed by atoms with Crippen LogP contribution < -0.4 is 10.6 Å². The normalized spacial score (nSPS) is 11.0. The summed E-state index contributed by atoms with van der Waals surface area (Å²) < 4.78 is 16.4. The van der Waals surface area contributed by atoms with E-state index < -0.39 is 11.7 Å². The van der Waals surface area contributed by atoms with Gasteiger partial charge >= 0.3 is 0 Å². The number of amides is 2. The van der Waals surface area contributed by atoms with E-state index in [4.69, 9.17) is 0 Å². The van der Waals surface area contributed by atoms with Crippen LogP contribution in [0.1, 0.15) is 27.3 Å². The molecule has 0 aliphatic carbocycles. The molecule has 2 amide bonds. The summed E-state index contributed by atoms with van der Waals surface area (Å²) in [6.45, 7) is 4.06. The molecule has 38 heavy (non-hydrogen) atoms. The molecule has 0 saturated carbocycles. The van der Waals surface area contributed by atoms with Crippen molar-refractivity contribution in [2.75, 3.05) is 11.1 Å². The Hall–Kier alpha value is -4.09. The smallest absolute Gasteiger partial charge is 0.251 e. The van der Waals surface area contributed by atoms with Crippen molar-refractivity contribution in [2.24, 2.45) is 0 Å². The number of para-hydroxylation sites is 1. The summed E-state index contributed by atoms with van der Waals surface area (Å²) in [5.74, 6) is -0.555. The van der Waals surface area contributed by atoms with Crippen LogP contribution in [0.2, 0.25) is 0 Å². The summed E-state index contributed by atoms with van der Waals surface area (Å²) >= 11 is 2.65. The fraction of sp³-hybridized carbons (Fsp3) is 0.148. The quantitative estimate of drug-likeness (QED) is 0.256. The Morgan fingerprint density at radius 1 is 1.03 bits per heavy atom. The van der Waals surface area contributed by atoms with Crippen molar-refractivity contribution in [2.45, 2.75) is 25.5 Å². The van der Waals surface area contributed by atoms with Crippen molar-refractivity contribution in [3.05, 3.63) is 95.1 Å². The SMILES string of the molecule is Cc1cccc(-n2c(CNC(=O)c3cccc(F)c3)nnc2SCC(=O)Nc2nc3ccccc3s2)c1C. The molecule has 0 fully saturated rings. The minimum Gasteiger partial charge on any atom is -0.345 e. The number of thioether (sulfide) groups is 1. The zero-order chi connectivity index (χ0) is 26.6. The van der Waals surface area contributed by atoms with Crippen LogP contribution in [0.25, 0.3) is 15.9 Å². The first-order valence-electron chi connectivity index (χ1n) is 11.7. The number of anilines is 1. The molecular weight excluding hydrogens is 523 g/mol. The Kier molecular flexibility index (Phi) is 7.47. The maximum Gasteiger partial charge on any atom is 0.251 e. The van der Waals surface area contributed by atoms with Gasteiger partial charge in [0.05, 0.1) is 28.2 Å². The molecular formula is C27H23FN6O2S2. The molecule has 192 valence electrons. The van der Waals surface area contributed by atoms with E-state index in [0.29, 0.717) is 16.1 Å². The number of carbonyl (C=O) groups excluding carboxylic acids is 2. The Bertz CT molecular complexity index is 1610. The van der Waals surface area contributed by atoms with Gasteiger partial charge in [-0.15, -0.1) is 10.2 Å². The van der Waals surface area contributed by atoms with Crippen LogP contribution in [0.3, 0.4) is 0 Å². The van der Waals surface area contributed by atoms with Gasteiger partial charge in [-0.2, -0.15) is 0 Å². The summed E-state index contributed by atoms with van der Waals surface area (Å²) in [7, 11) is 0. The van der Waals surface area contributed by atoms with Gasteiger partial charge in [-0.25, -0.2) is 9.37 Å². The summed E-state index contributed by atoms with van der Waals surface area (Å²) in [4.78, 5) is 29.8. The van der Waals surface area contributed by atoms with Gasteiger partial charge in [0.1, 0.15) is 5.82 Å². The highest BCUT2D eigenvalue weighted by Crippen LogP contribution is 2.28. The van der Waals surface area contributed by atoms with Gasteiger partial charge in [-0.3, -0.25) is 14.2 Å². The molecule has 2 heterocycles. The second-order valence-electron chi connectivity index (χ2n) is 8.47. The van der Waals surface area contributed by atoms with Crippen LogP contribution in [0.5, 0.6) is 0 Å². The lowest BCUT2D eigenvalue weighted by Gasteiger charge is -2.14. The van der Waals surface area contributed by atoms with Gasteiger partial charge in [0.2, 0.25) is 5.91 Å². The van der Waals surface area contributed by atoms with E-state index in [-0.39, 0.29) is 23.8 Å². The molecule has 8 nitrogen and oxygen atoms in total. The third kappa shape index (κ3) is 5.58. The lowest BCUT2D eigenvalue weighted by atomic mass is 10.1. The third-order valence-corrected chi connectivity index (χ3v) is 7.76. The number of benzene rings is 3. The standard InChI is InChI=1S/C27H23FN6O2S2/c1-16-7-5-11-21(17(16)2)34-23(14-29-25(36)18-8-6-9-19(28)13-18)32-33-27(34)37-15-24(35)31-26-30-20-10-3-4-12-22(20)38-26/h3-13H,14-15H2,1-2H3,(H,29,36)(H,30,31,35). The lowest BCUT2D eigenvalue weighted by molar-refractivity contribution is -0.113. The van der Waals surface area contributed by atoms with Crippen molar-refractivity contribution in [1.82, 2.24) is 25.1 Å². The molecule has 0 bridgehead atoms. The Morgan fingerprint density at radius 2 is 1.84 bits per heavy atom. The third-order valence-electron chi connectivity index (χ3n) is 5.88. The molecule has 2 N–H and O–H groups in total. The molecule has 0 unspecified atom stereocenters. The maximum atomic E-state index is 13.6. The van der Waals surface area contributed by atoms with Crippen LogP contribution in [-0.4, -0.2) is 37.3 Å². The number of fused-ring (bicyclic) bond motifs is 1. The van der Waals surface area contributed by atoms with Crippen molar-refractivity contribution in [3.8, 4) is 5.69 Å². The predicted molar refractivity (Wildman–Crippen MR) is 147 cm³/mol. The molecule has 5 aromatic rings. The van der Waals surface area contributed by atoms with Crippen LogP contribution in [0.15, 0.2) is 71.9 Å². The highest BCUT2D eigenvalue weighted by molar-refractivity contribution is 7.99. The zero-order valence-electron chi connectivity index (χ0n) is 20.6. The average Bonchev–Trinajstić information content (AvgIpc) is 3.50. The maximum absolute atomic E-state index is 13.6. The van der Waals surface area contributed by atoms with Crippen molar-refractivity contribution < 1.29 is 14.0 Å². The summed E-state index contributed by atoms with van der Waals surface area (Å²) in [6.07, 6.45) is 0.